The van der Waals surface area contributed by atoms with Gasteiger partial charge in [-0.1, -0.05) is 29.8 Å². The van der Waals surface area contributed by atoms with Gasteiger partial charge in [-0.25, -0.2) is 4.68 Å². The summed E-state index contributed by atoms with van der Waals surface area (Å²) in [5, 5.41) is 5.11. The van der Waals surface area contributed by atoms with E-state index in [1.807, 2.05) is 42.1 Å². The number of hydrogen-bond acceptors (Lipinski definition) is 2. The highest BCUT2D eigenvalue weighted by Gasteiger charge is 2.08. The predicted octanol–water partition coefficient (Wildman–Crippen LogP) is 2.34. The Morgan fingerprint density at radius 2 is 2.12 bits per heavy atom. The van der Waals surface area contributed by atoms with Gasteiger partial charge in [-0.3, -0.25) is 0 Å². The first kappa shape index (κ1) is 11.2. The van der Waals surface area contributed by atoms with Crippen LogP contribution in [0.2, 0.25) is 5.02 Å². The zero-order valence-electron chi connectivity index (χ0n) is 9.15. The maximum Gasteiger partial charge on any atom is 0.0827 e. The fraction of sp³-hybridized carbons (Fsp3) is 0.250. The molecule has 0 saturated carbocycles. The normalized spacial score (nSPS) is 10.7. The molecule has 16 heavy (non-hydrogen) atoms. The summed E-state index contributed by atoms with van der Waals surface area (Å²) in [6.07, 6.45) is 2.53. The van der Waals surface area contributed by atoms with Crippen molar-refractivity contribution in [1.82, 2.24) is 9.78 Å². The fourth-order valence-corrected chi connectivity index (χ4v) is 1.86. The van der Waals surface area contributed by atoms with Gasteiger partial charge < -0.3 is 5.73 Å². The van der Waals surface area contributed by atoms with Crippen LogP contribution in [0.1, 0.15) is 11.3 Å². The molecule has 1 heterocycles. The van der Waals surface area contributed by atoms with Gasteiger partial charge in [-0.15, -0.1) is 0 Å². The third kappa shape index (κ3) is 2.10. The van der Waals surface area contributed by atoms with E-state index in [-0.39, 0.29) is 0 Å². The van der Waals surface area contributed by atoms with Crippen molar-refractivity contribution in [2.45, 2.75) is 13.3 Å². The van der Waals surface area contributed by atoms with E-state index < -0.39 is 0 Å². The molecule has 0 radical (unpaired) electrons. The first-order valence-electron chi connectivity index (χ1n) is 5.22. The maximum atomic E-state index is 6.09. The molecule has 0 bridgehead atoms. The molecular weight excluding hydrogens is 222 g/mol. The predicted molar refractivity (Wildman–Crippen MR) is 66.1 cm³/mol. The van der Waals surface area contributed by atoms with Crippen molar-refractivity contribution < 1.29 is 0 Å². The van der Waals surface area contributed by atoms with E-state index >= 15 is 0 Å². The molecule has 0 amide bonds. The number of aromatic nitrogens is 2. The Bertz CT molecular complexity index is 491. The van der Waals surface area contributed by atoms with Gasteiger partial charge in [-0.2, -0.15) is 5.10 Å². The Hall–Kier alpha value is -1.32. The first-order valence-corrected chi connectivity index (χ1v) is 5.60. The van der Waals surface area contributed by atoms with E-state index in [2.05, 4.69) is 5.10 Å². The number of rotatable bonds is 3. The molecular formula is C12H14ClN3. The van der Waals surface area contributed by atoms with Crippen LogP contribution in [0.15, 0.2) is 30.5 Å². The number of halogens is 1. The minimum atomic E-state index is 0.560. The van der Waals surface area contributed by atoms with Gasteiger partial charge in [0.25, 0.3) is 0 Å². The molecule has 3 nitrogen and oxygen atoms in total. The average Bonchev–Trinajstić information content (AvgIpc) is 2.61. The molecule has 0 unspecified atom stereocenters. The van der Waals surface area contributed by atoms with Gasteiger partial charge in [0.15, 0.2) is 0 Å². The Labute approximate surface area is 99.8 Å². The lowest BCUT2D eigenvalue weighted by molar-refractivity contribution is 0.817. The molecule has 0 fully saturated rings. The van der Waals surface area contributed by atoms with E-state index in [1.165, 1.54) is 5.56 Å². The Balaban J connectivity index is 2.42. The third-order valence-corrected chi connectivity index (χ3v) is 2.80. The Morgan fingerprint density at radius 3 is 2.81 bits per heavy atom. The summed E-state index contributed by atoms with van der Waals surface area (Å²) in [6.45, 7) is 2.61. The van der Waals surface area contributed by atoms with Crippen LogP contribution in [0.25, 0.3) is 5.69 Å². The van der Waals surface area contributed by atoms with Crippen molar-refractivity contribution >= 4 is 11.6 Å². The zero-order valence-corrected chi connectivity index (χ0v) is 9.91. The number of aryl methyl sites for hydroxylation is 1. The van der Waals surface area contributed by atoms with Crippen LogP contribution >= 0.6 is 11.6 Å². The molecule has 0 atom stereocenters. The molecule has 2 N–H and O–H groups in total. The monoisotopic (exact) mass is 235 g/mol. The van der Waals surface area contributed by atoms with Crippen LogP contribution in [-0.4, -0.2) is 16.3 Å². The van der Waals surface area contributed by atoms with E-state index in [0.717, 1.165) is 11.4 Å². The molecule has 4 heteroatoms. The maximum absolute atomic E-state index is 6.09. The topological polar surface area (TPSA) is 43.8 Å². The van der Waals surface area contributed by atoms with Crippen LogP contribution in [0.4, 0.5) is 0 Å². The van der Waals surface area contributed by atoms with Crippen molar-refractivity contribution in [3.05, 3.63) is 46.7 Å². The van der Waals surface area contributed by atoms with Gasteiger partial charge in [0.1, 0.15) is 0 Å². The van der Waals surface area contributed by atoms with Crippen molar-refractivity contribution in [2.24, 2.45) is 5.73 Å². The summed E-state index contributed by atoms with van der Waals surface area (Å²) in [7, 11) is 0. The smallest absolute Gasteiger partial charge is 0.0827 e. The summed E-state index contributed by atoms with van der Waals surface area (Å²) >= 11 is 6.09. The second-order valence-corrected chi connectivity index (χ2v) is 4.10. The highest BCUT2D eigenvalue weighted by atomic mass is 35.5. The molecule has 1 aromatic carbocycles. The average molecular weight is 236 g/mol. The number of nitrogens with two attached hydrogens (primary N) is 1. The van der Waals surface area contributed by atoms with E-state index in [1.54, 1.807) is 0 Å². The molecule has 0 saturated heterocycles. The van der Waals surface area contributed by atoms with E-state index in [0.29, 0.717) is 18.0 Å². The quantitative estimate of drug-likeness (QED) is 0.888. The molecule has 1 aromatic heterocycles. The molecule has 0 aliphatic carbocycles. The molecule has 0 aliphatic heterocycles. The van der Waals surface area contributed by atoms with Crippen LogP contribution in [0, 0.1) is 6.92 Å². The van der Waals surface area contributed by atoms with E-state index in [9.17, 15) is 0 Å². The number of hydrogen-bond donors (Lipinski definition) is 1. The lowest BCUT2D eigenvalue weighted by Gasteiger charge is -2.04. The van der Waals surface area contributed by atoms with Gasteiger partial charge in [0, 0.05) is 12.6 Å². The second-order valence-electron chi connectivity index (χ2n) is 3.69. The van der Waals surface area contributed by atoms with Gasteiger partial charge in [0.2, 0.25) is 0 Å². The largest absolute Gasteiger partial charge is 0.330 e. The van der Waals surface area contributed by atoms with Crippen molar-refractivity contribution in [2.75, 3.05) is 6.54 Å². The van der Waals surface area contributed by atoms with Crippen LogP contribution in [0.5, 0.6) is 0 Å². The van der Waals surface area contributed by atoms with Gasteiger partial charge in [-0.05, 0) is 25.1 Å². The molecule has 2 aromatic rings. The fourth-order valence-electron chi connectivity index (χ4n) is 1.64. The van der Waals surface area contributed by atoms with Crippen molar-refractivity contribution in [1.29, 1.82) is 0 Å². The summed E-state index contributed by atoms with van der Waals surface area (Å²) in [5.41, 5.74) is 8.57. The highest BCUT2D eigenvalue weighted by molar-refractivity contribution is 6.31. The van der Waals surface area contributed by atoms with Crippen LogP contribution in [-0.2, 0) is 6.42 Å². The van der Waals surface area contributed by atoms with Crippen LogP contribution < -0.4 is 5.73 Å². The summed E-state index contributed by atoms with van der Waals surface area (Å²) in [4.78, 5) is 0. The summed E-state index contributed by atoms with van der Waals surface area (Å²) in [5.74, 6) is 0. The number of para-hydroxylation sites is 1. The zero-order chi connectivity index (χ0) is 11.5. The highest BCUT2D eigenvalue weighted by Crippen LogP contribution is 2.19. The lowest BCUT2D eigenvalue weighted by atomic mass is 10.2. The summed E-state index contributed by atoms with van der Waals surface area (Å²) < 4.78 is 1.81. The molecule has 84 valence electrons. The van der Waals surface area contributed by atoms with Crippen molar-refractivity contribution in [3.8, 4) is 5.69 Å². The first-order chi connectivity index (χ1) is 7.72. The minimum absolute atomic E-state index is 0.560. The minimum Gasteiger partial charge on any atom is -0.330 e. The van der Waals surface area contributed by atoms with Gasteiger partial charge in [0.05, 0.1) is 16.4 Å². The standard InChI is InChI=1S/C12H14ClN3/c1-9-4-2-3-5-12(9)16-8-10(13)11(15-16)6-7-14/h2-5,8H,6-7,14H2,1H3. The lowest BCUT2D eigenvalue weighted by Crippen LogP contribution is -2.05. The molecule has 2 rings (SSSR count). The van der Waals surface area contributed by atoms with Crippen molar-refractivity contribution in [3.63, 3.8) is 0 Å². The SMILES string of the molecule is Cc1ccccc1-n1cc(Cl)c(CCN)n1. The Kier molecular flexibility index (Phi) is 3.27. The molecule has 0 spiro atoms. The third-order valence-electron chi connectivity index (χ3n) is 2.48. The summed E-state index contributed by atoms with van der Waals surface area (Å²) in [6, 6.07) is 8.06. The Morgan fingerprint density at radius 1 is 1.38 bits per heavy atom. The van der Waals surface area contributed by atoms with Crippen LogP contribution in [0.3, 0.4) is 0 Å². The van der Waals surface area contributed by atoms with E-state index in [4.69, 9.17) is 17.3 Å². The number of nitrogens with zero attached hydrogens (tertiary/aromatic N) is 2. The molecule has 0 aliphatic rings. The van der Waals surface area contributed by atoms with Gasteiger partial charge >= 0.3 is 0 Å². The second kappa shape index (κ2) is 4.68. The number of benzene rings is 1.